The minimum absolute atomic E-state index is 0.100. The zero-order valence-corrected chi connectivity index (χ0v) is 18.0. The fourth-order valence-corrected chi connectivity index (χ4v) is 3.69. The first kappa shape index (κ1) is 22.0. The highest BCUT2D eigenvalue weighted by Gasteiger charge is 2.19. The summed E-state index contributed by atoms with van der Waals surface area (Å²) < 4.78 is 13.8. The molecular weight excluding hydrogens is 453 g/mol. The Morgan fingerprint density at radius 1 is 1.10 bits per heavy atom. The summed E-state index contributed by atoms with van der Waals surface area (Å²) in [5.41, 5.74) is 1.92. The van der Waals surface area contributed by atoms with Gasteiger partial charge in [0.15, 0.2) is 0 Å². The molecule has 0 bridgehead atoms. The summed E-state index contributed by atoms with van der Waals surface area (Å²) in [5.74, 6) is -1.04. The van der Waals surface area contributed by atoms with Gasteiger partial charge >= 0.3 is 0 Å². The van der Waals surface area contributed by atoms with Crippen LogP contribution in [0.1, 0.15) is 41.6 Å². The van der Waals surface area contributed by atoms with Crippen LogP contribution in [0, 0.1) is 5.82 Å². The minimum atomic E-state index is -0.505. The van der Waals surface area contributed by atoms with E-state index in [1.165, 1.54) is 12.1 Å². The number of benzene rings is 2. The third-order valence-electron chi connectivity index (χ3n) is 4.85. The Bertz CT molecular complexity index is 951. The Morgan fingerprint density at radius 3 is 2.73 bits per heavy atom. The van der Waals surface area contributed by atoms with E-state index in [9.17, 15) is 18.8 Å². The predicted octanol–water partition coefficient (Wildman–Crippen LogP) is 3.54. The number of rotatable bonds is 7. The second kappa shape index (κ2) is 10.3. The standard InChI is InChI=1S/C22H23BrFN3O3/c23-19-8-7-16(24)13-18(19)22(30)25-10-9-20(28)26-14-15-4-3-5-17(12-15)27-11-2-1-6-21(27)29/h3-5,7-8,12-13H,1-2,6,9-11,14H2,(H,25,30)(H,26,28). The van der Waals surface area contributed by atoms with E-state index >= 15 is 0 Å². The van der Waals surface area contributed by atoms with Crippen LogP contribution >= 0.6 is 15.9 Å². The van der Waals surface area contributed by atoms with E-state index in [0.29, 0.717) is 17.4 Å². The molecule has 2 aromatic rings. The lowest BCUT2D eigenvalue weighted by Gasteiger charge is -2.27. The Morgan fingerprint density at radius 2 is 1.93 bits per heavy atom. The lowest BCUT2D eigenvalue weighted by atomic mass is 10.1. The normalized spacial score (nSPS) is 13.8. The van der Waals surface area contributed by atoms with Gasteiger partial charge in [0.1, 0.15) is 5.82 Å². The van der Waals surface area contributed by atoms with Crippen LogP contribution in [0.3, 0.4) is 0 Å². The molecule has 6 nitrogen and oxygen atoms in total. The molecule has 2 N–H and O–H groups in total. The van der Waals surface area contributed by atoms with Gasteiger partial charge in [-0.3, -0.25) is 14.4 Å². The first-order valence-electron chi connectivity index (χ1n) is 9.83. The molecular formula is C22H23BrFN3O3. The molecule has 0 atom stereocenters. The van der Waals surface area contributed by atoms with Gasteiger partial charge in [0.25, 0.3) is 5.91 Å². The molecule has 0 saturated carbocycles. The van der Waals surface area contributed by atoms with Gasteiger partial charge in [-0.25, -0.2) is 4.39 Å². The van der Waals surface area contributed by atoms with Crippen LogP contribution in [-0.2, 0) is 16.1 Å². The van der Waals surface area contributed by atoms with Crippen LogP contribution in [0.5, 0.6) is 0 Å². The van der Waals surface area contributed by atoms with Gasteiger partial charge in [0.05, 0.1) is 5.56 Å². The van der Waals surface area contributed by atoms with Crippen LogP contribution in [0.4, 0.5) is 10.1 Å². The summed E-state index contributed by atoms with van der Waals surface area (Å²) in [6, 6.07) is 11.4. The van der Waals surface area contributed by atoms with Gasteiger partial charge in [0, 0.05) is 42.6 Å². The fourth-order valence-electron chi connectivity index (χ4n) is 3.26. The Kier molecular flexibility index (Phi) is 7.57. The second-order valence-electron chi connectivity index (χ2n) is 7.08. The van der Waals surface area contributed by atoms with Gasteiger partial charge in [-0.1, -0.05) is 12.1 Å². The molecule has 0 aromatic heterocycles. The number of hydrogen-bond acceptors (Lipinski definition) is 3. The molecule has 1 aliphatic heterocycles. The molecule has 1 fully saturated rings. The molecule has 30 heavy (non-hydrogen) atoms. The molecule has 2 aromatic carbocycles. The van der Waals surface area contributed by atoms with Gasteiger partial charge < -0.3 is 15.5 Å². The molecule has 0 radical (unpaired) electrons. The van der Waals surface area contributed by atoms with Gasteiger partial charge in [-0.15, -0.1) is 0 Å². The average Bonchev–Trinajstić information content (AvgIpc) is 2.74. The molecule has 0 aliphatic carbocycles. The minimum Gasteiger partial charge on any atom is -0.352 e. The topological polar surface area (TPSA) is 78.5 Å². The zero-order valence-electron chi connectivity index (χ0n) is 16.4. The van der Waals surface area contributed by atoms with Gasteiger partial charge in [0.2, 0.25) is 11.8 Å². The van der Waals surface area contributed by atoms with E-state index in [1.807, 2.05) is 24.3 Å². The number of carbonyl (C=O) groups is 3. The summed E-state index contributed by atoms with van der Waals surface area (Å²) in [7, 11) is 0. The first-order chi connectivity index (χ1) is 14.4. The van der Waals surface area contributed by atoms with Crippen LogP contribution in [0.25, 0.3) is 0 Å². The molecule has 3 amide bonds. The molecule has 1 saturated heterocycles. The fraction of sp³-hybridized carbons (Fsp3) is 0.318. The lowest BCUT2D eigenvalue weighted by Crippen LogP contribution is -2.35. The van der Waals surface area contributed by atoms with Gasteiger partial charge in [-0.05, 0) is 64.7 Å². The quantitative estimate of drug-likeness (QED) is 0.642. The van der Waals surface area contributed by atoms with E-state index in [1.54, 1.807) is 4.90 Å². The van der Waals surface area contributed by atoms with Crippen molar-refractivity contribution in [3.8, 4) is 0 Å². The summed E-state index contributed by atoms with van der Waals surface area (Å²) in [6.45, 7) is 1.18. The number of anilines is 1. The predicted molar refractivity (Wildman–Crippen MR) is 116 cm³/mol. The maximum atomic E-state index is 13.3. The highest BCUT2D eigenvalue weighted by Crippen LogP contribution is 2.22. The summed E-state index contributed by atoms with van der Waals surface area (Å²) in [6.07, 6.45) is 2.59. The highest BCUT2D eigenvalue weighted by atomic mass is 79.9. The van der Waals surface area contributed by atoms with Crippen molar-refractivity contribution in [2.45, 2.75) is 32.2 Å². The van der Waals surface area contributed by atoms with Crippen molar-refractivity contribution in [2.75, 3.05) is 18.0 Å². The van der Waals surface area contributed by atoms with Gasteiger partial charge in [-0.2, -0.15) is 0 Å². The van der Waals surface area contributed by atoms with Crippen LogP contribution < -0.4 is 15.5 Å². The van der Waals surface area contributed by atoms with E-state index < -0.39 is 11.7 Å². The Labute approximate surface area is 183 Å². The molecule has 0 unspecified atom stereocenters. The number of halogens is 2. The number of piperidine rings is 1. The molecule has 1 aliphatic rings. The molecule has 3 rings (SSSR count). The maximum absolute atomic E-state index is 13.3. The zero-order chi connectivity index (χ0) is 21.5. The molecule has 0 spiro atoms. The summed E-state index contributed by atoms with van der Waals surface area (Å²) in [4.78, 5) is 38.1. The number of amides is 3. The van der Waals surface area contributed by atoms with Crippen molar-refractivity contribution in [1.82, 2.24) is 10.6 Å². The van der Waals surface area contributed by atoms with Crippen LogP contribution in [0.15, 0.2) is 46.9 Å². The number of carbonyl (C=O) groups excluding carboxylic acids is 3. The van der Waals surface area contributed by atoms with E-state index in [2.05, 4.69) is 26.6 Å². The Hall–Kier alpha value is -2.74. The average molecular weight is 476 g/mol. The summed E-state index contributed by atoms with van der Waals surface area (Å²) >= 11 is 3.21. The smallest absolute Gasteiger partial charge is 0.252 e. The second-order valence-corrected chi connectivity index (χ2v) is 7.93. The van der Waals surface area contributed by atoms with Crippen molar-refractivity contribution in [3.63, 3.8) is 0 Å². The lowest BCUT2D eigenvalue weighted by molar-refractivity contribution is -0.121. The van der Waals surface area contributed by atoms with Crippen molar-refractivity contribution in [3.05, 3.63) is 63.9 Å². The van der Waals surface area contributed by atoms with Crippen molar-refractivity contribution in [2.24, 2.45) is 0 Å². The highest BCUT2D eigenvalue weighted by molar-refractivity contribution is 9.10. The summed E-state index contributed by atoms with van der Waals surface area (Å²) in [5, 5.41) is 5.42. The molecule has 1 heterocycles. The van der Waals surface area contributed by atoms with E-state index in [-0.39, 0.29) is 30.3 Å². The maximum Gasteiger partial charge on any atom is 0.252 e. The Balaban J connectivity index is 1.46. The molecule has 8 heteroatoms. The van der Waals surface area contributed by atoms with E-state index in [0.717, 1.165) is 36.7 Å². The number of hydrogen-bond donors (Lipinski definition) is 2. The van der Waals surface area contributed by atoms with Crippen LogP contribution in [-0.4, -0.2) is 30.8 Å². The van der Waals surface area contributed by atoms with Crippen molar-refractivity contribution < 1.29 is 18.8 Å². The van der Waals surface area contributed by atoms with Crippen molar-refractivity contribution in [1.29, 1.82) is 0 Å². The van der Waals surface area contributed by atoms with Crippen LogP contribution in [0.2, 0.25) is 0 Å². The third kappa shape index (κ3) is 5.89. The monoisotopic (exact) mass is 475 g/mol. The first-order valence-corrected chi connectivity index (χ1v) is 10.6. The van der Waals surface area contributed by atoms with E-state index in [4.69, 9.17) is 0 Å². The molecule has 158 valence electrons. The SMILES string of the molecule is O=C(CCNC(=O)c1cc(F)ccc1Br)NCc1cccc(N2CCCCC2=O)c1. The largest absolute Gasteiger partial charge is 0.352 e. The van der Waals surface area contributed by atoms with Crippen molar-refractivity contribution >= 4 is 39.3 Å². The third-order valence-corrected chi connectivity index (χ3v) is 5.54. The number of nitrogens with zero attached hydrogens (tertiary/aromatic N) is 1. The number of nitrogens with one attached hydrogen (secondary N) is 2.